The van der Waals surface area contributed by atoms with Gasteiger partial charge in [-0.05, 0) is 31.2 Å². The Hall–Kier alpha value is -1.49. The van der Waals surface area contributed by atoms with Gasteiger partial charge in [0.25, 0.3) is 5.91 Å². The fraction of sp³-hybridized carbons (Fsp3) is 0.312. The smallest absolute Gasteiger partial charge is 0.257 e. The normalized spacial score (nSPS) is 15.1. The Kier molecular flexibility index (Phi) is 4.43. The number of ether oxygens (including phenoxy) is 1. The zero-order valence-corrected chi connectivity index (χ0v) is 13.6. The minimum atomic E-state index is -0.0473. The number of carbonyl (C=O) groups is 1. The van der Waals surface area contributed by atoms with Crippen LogP contribution in [0.2, 0.25) is 10.0 Å². The van der Waals surface area contributed by atoms with Crippen molar-refractivity contribution in [1.82, 2.24) is 4.90 Å². The van der Waals surface area contributed by atoms with Crippen molar-refractivity contribution in [2.75, 3.05) is 26.3 Å². The molecule has 0 unspecified atom stereocenters. The van der Waals surface area contributed by atoms with Gasteiger partial charge in [-0.25, -0.2) is 0 Å². The lowest BCUT2D eigenvalue weighted by Crippen LogP contribution is -2.40. The predicted octanol–water partition coefficient (Wildman–Crippen LogP) is 4.03. The van der Waals surface area contributed by atoms with Gasteiger partial charge >= 0.3 is 0 Å². The van der Waals surface area contributed by atoms with Crippen LogP contribution in [0, 0.1) is 6.92 Å². The molecule has 0 saturated carbocycles. The molecule has 116 valence electrons. The minimum Gasteiger partial charge on any atom is -0.460 e. The number of benzene rings is 1. The standard InChI is InChI=1S/C16H15Cl2NO3/c1-10-12(16(20)19-4-6-21-7-5-19)9-15(22-10)13-8-11(17)2-3-14(13)18/h2-3,8-9H,4-7H2,1H3. The molecule has 0 spiro atoms. The third-order valence-corrected chi connectivity index (χ3v) is 4.21. The van der Waals surface area contributed by atoms with Gasteiger partial charge in [0, 0.05) is 23.7 Å². The van der Waals surface area contributed by atoms with Crippen LogP contribution in [0.1, 0.15) is 16.1 Å². The molecule has 1 amide bonds. The fourth-order valence-electron chi connectivity index (χ4n) is 2.45. The SMILES string of the molecule is Cc1oc(-c2cc(Cl)ccc2Cl)cc1C(=O)N1CCOCC1. The quantitative estimate of drug-likeness (QED) is 0.829. The lowest BCUT2D eigenvalue weighted by atomic mass is 10.1. The largest absolute Gasteiger partial charge is 0.460 e. The molecule has 2 heterocycles. The second kappa shape index (κ2) is 6.32. The van der Waals surface area contributed by atoms with Crippen molar-refractivity contribution in [3.8, 4) is 11.3 Å². The van der Waals surface area contributed by atoms with Gasteiger partial charge < -0.3 is 14.1 Å². The van der Waals surface area contributed by atoms with Gasteiger partial charge in [0.15, 0.2) is 0 Å². The van der Waals surface area contributed by atoms with Crippen LogP contribution in [0.25, 0.3) is 11.3 Å². The monoisotopic (exact) mass is 339 g/mol. The van der Waals surface area contributed by atoms with E-state index in [1.165, 1.54) is 0 Å². The minimum absolute atomic E-state index is 0.0473. The average Bonchev–Trinajstić information content (AvgIpc) is 2.91. The van der Waals surface area contributed by atoms with Crippen LogP contribution >= 0.6 is 23.2 Å². The van der Waals surface area contributed by atoms with Crippen molar-refractivity contribution < 1.29 is 13.9 Å². The maximum Gasteiger partial charge on any atom is 0.257 e. The lowest BCUT2D eigenvalue weighted by molar-refractivity contribution is 0.0301. The van der Waals surface area contributed by atoms with Gasteiger partial charge in [-0.2, -0.15) is 0 Å². The van der Waals surface area contributed by atoms with Gasteiger partial charge in [0.2, 0.25) is 0 Å². The molecule has 1 saturated heterocycles. The second-order valence-electron chi connectivity index (χ2n) is 5.11. The van der Waals surface area contributed by atoms with Crippen molar-refractivity contribution in [2.45, 2.75) is 6.92 Å². The molecule has 0 bridgehead atoms. The summed E-state index contributed by atoms with van der Waals surface area (Å²) in [6.45, 7) is 4.09. The van der Waals surface area contributed by atoms with Gasteiger partial charge in [-0.3, -0.25) is 4.79 Å². The highest BCUT2D eigenvalue weighted by atomic mass is 35.5. The first-order valence-corrected chi connectivity index (χ1v) is 7.75. The van der Waals surface area contributed by atoms with E-state index in [0.717, 1.165) is 0 Å². The van der Waals surface area contributed by atoms with Crippen molar-refractivity contribution in [3.63, 3.8) is 0 Å². The van der Waals surface area contributed by atoms with E-state index in [9.17, 15) is 4.79 Å². The van der Waals surface area contributed by atoms with Crippen LogP contribution in [0.15, 0.2) is 28.7 Å². The lowest BCUT2D eigenvalue weighted by Gasteiger charge is -2.26. The van der Waals surface area contributed by atoms with Gasteiger partial charge in [-0.15, -0.1) is 0 Å². The zero-order valence-electron chi connectivity index (χ0n) is 12.1. The molecule has 0 atom stereocenters. The van der Waals surface area contributed by atoms with E-state index in [4.69, 9.17) is 32.4 Å². The first-order chi connectivity index (χ1) is 10.6. The summed E-state index contributed by atoms with van der Waals surface area (Å²) in [6, 6.07) is 6.87. The summed E-state index contributed by atoms with van der Waals surface area (Å²) in [6.07, 6.45) is 0. The first-order valence-electron chi connectivity index (χ1n) is 6.99. The molecule has 1 aromatic carbocycles. The summed E-state index contributed by atoms with van der Waals surface area (Å²) in [5.74, 6) is 1.07. The Morgan fingerprint density at radius 1 is 1.18 bits per heavy atom. The number of halogens is 2. The van der Waals surface area contributed by atoms with Crippen LogP contribution in [-0.4, -0.2) is 37.1 Å². The molecule has 3 rings (SSSR count). The summed E-state index contributed by atoms with van der Waals surface area (Å²) in [5.41, 5.74) is 1.23. The van der Waals surface area contributed by atoms with E-state index >= 15 is 0 Å². The molecule has 6 heteroatoms. The van der Waals surface area contributed by atoms with Crippen LogP contribution in [0.4, 0.5) is 0 Å². The Bertz CT molecular complexity index is 705. The molecule has 0 N–H and O–H groups in total. The van der Waals surface area contributed by atoms with Gasteiger partial charge in [0.05, 0.1) is 23.8 Å². The van der Waals surface area contributed by atoms with Crippen molar-refractivity contribution in [2.24, 2.45) is 0 Å². The summed E-state index contributed by atoms with van der Waals surface area (Å²) >= 11 is 12.2. The number of carbonyl (C=O) groups excluding carboxylic acids is 1. The molecular formula is C16H15Cl2NO3. The molecule has 1 aliphatic rings. The number of amides is 1. The van der Waals surface area contributed by atoms with E-state index < -0.39 is 0 Å². The third kappa shape index (κ3) is 3.00. The molecule has 4 nitrogen and oxygen atoms in total. The summed E-state index contributed by atoms with van der Waals surface area (Å²) in [4.78, 5) is 14.3. The van der Waals surface area contributed by atoms with Crippen molar-refractivity contribution in [1.29, 1.82) is 0 Å². The topological polar surface area (TPSA) is 42.7 Å². The number of aryl methyl sites for hydroxylation is 1. The second-order valence-corrected chi connectivity index (χ2v) is 5.95. The predicted molar refractivity (Wildman–Crippen MR) is 85.6 cm³/mol. The molecule has 22 heavy (non-hydrogen) atoms. The highest BCUT2D eigenvalue weighted by Gasteiger charge is 2.23. The van der Waals surface area contributed by atoms with E-state index in [-0.39, 0.29) is 5.91 Å². The molecule has 1 aromatic heterocycles. The molecule has 2 aromatic rings. The van der Waals surface area contributed by atoms with E-state index in [1.54, 1.807) is 36.1 Å². The molecule has 1 fully saturated rings. The molecular weight excluding hydrogens is 325 g/mol. The highest BCUT2D eigenvalue weighted by Crippen LogP contribution is 2.33. The van der Waals surface area contributed by atoms with Crippen LogP contribution in [0.5, 0.6) is 0 Å². The fourth-order valence-corrected chi connectivity index (χ4v) is 2.83. The van der Waals surface area contributed by atoms with Crippen molar-refractivity contribution >= 4 is 29.1 Å². The Labute approximate surface area is 138 Å². The first kappa shape index (κ1) is 15.4. The van der Waals surface area contributed by atoms with Gasteiger partial charge in [0.1, 0.15) is 11.5 Å². The Morgan fingerprint density at radius 2 is 1.91 bits per heavy atom. The molecule has 0 aliphatic carbocycles. The Morgan fingerprint density at radius 3 is 2.64 bits per heavy atom. The molecule has 1 aliphatic heterocycles. The summed E-state index contributed by atoms with van der Waals surface area (Å²) < 4.78 is 11.0. The van der Waals surface area contributed by atoms with Crippen molar-refractivity contribution in [3.05, 3.63) is 45.6 Å². The number of hydrogen-bond donors (Lipinski definition) is 0. The molecule has 0 radical (unpaired) electrons. The van der Waals surface area contributed by atoms with Crippen LogP contribution in [-0.2, 0) is 4.74 Å². The summed E-state index contributed by atoms with van der Waals surface area (Å²) in [7, 11) is 0. The maximum absolute atomic E-state index is 12.6. The summed E-state index contributed by atoms with van der Waals surface area (Å²) in [5, 5.41) is 1.10. The number of nitrogens with zero attached hydrogens (tertiary/aromatic N) is 1. The van der Waals surface area contributed by atoms with E-state index in [2.05, 4.69) is 0 Å². The maximum atomic E-state index is 12.6. The number of rotatable bonds is 2. The average molecular weight is 340 g/mol. The van der Waals surface area contributed by atoms with E-state index in [0.29, 0.717) is 59.0 Å². The van der Waals surface area contributed by atoms with E-state index in [1.807, 2.05) is 0 Å². The highest BCUT2D eigenvalue weighted by molar-refractivity contribution is 6.35. The number of hydrogen-bond acceptors (Lipinski definition) is 3. The third-order valence-electron chi connectivity index (χ3n) is 3.64. The number of morpholine rings is 1. The zero-order chi connectivity index (χ0) is 15.7. The van der Waals surface area contributed by atoms with Crippen LogP contribution < -0.4 is 0 Å². The number of furan rings is 1. The van der Waals surface area contributed by atoms with Gasteiger partial charge in [-0.1, -0.05) is 23.2 Å². The Balaban J connectivity index is 1.93. The van der Waals surface area contributed by atoms with Crippen LogP contribution in [0.3, 0.4) is 0 Å².